The zero-order valence-corrected chi connectivity index (χ0v) is 10.0. The Balaban J connectivity index is 2.22. The average Bonchev–Trinajstić information content (AvgIpc) is 2.69. The number of rotatable bonds is 4. The van der Waals surface area contributed by atoms with E-state index in [1.54, 1.807) is 13.8 Å². The van der Waals surface area contributed by atoms with E-state index in [0.29, 0.717) is 0 Å². The number of carbonyl (C=O) groups excluding carboxylic acids is 2. The number of ether oxygens (including phenoxy) is 5. The van der Waals surface area contributed by atoms with Crippen LogP contribution in [0.5, 0.6) is 0 Å². The molecule has 0 saturated carbocycles. The number of hydrogen-bond acceptors (Lipinski definition) is 7. The first-order valence-corrected chi connectivity index (χ1v) is 5.26. The largest absolute Gasteiger partial charge is 0.513 e. The summed E-state index contributed by atoms with van der Waals surface area (Å²) in [6, 6.07) is 0. The fourth-order valence-electron chi connectivity index (χ4n) is 0.979. The summed E-state index contributed by atoms with van der Waals surface area (Å²) in [5.74, 6) is -0.741. The predicted molar refractivity (Wildman–Crippen MR) is 53.7 cm³/mol. The van der Waals surface area contributed by atoms with E-state index in [0.717, 1.165) is 0 Å². The lowest BCUT2D eigenvalue weighted by atomic mass is 10.2. The highest BCUT2D eigenvalue weighted by Crippen LogP contribution is 2.08. The van der Waals surface area contributed by atoms with Crippen molar-refractivity contribution in [3.8, 4) is 0 Å². The van der Waals surface area contributed by atoms with Gasteiger partial charge in [0.1, 0.15) is 6.61 Å². The van der Waals surface area contributed by atoms with E-state index >= 15 is 0 Å². The van der Waals surface area contributed by atoms with Crippen molar-refractivity contribution in [3.05, 3.63) is 0 Å². The number of hydrogen-bond donors (Lipinski definition) is 0. The van der Waals surface area contributed by atoms with Crippen LogP contribution in [0.15, 0.2) is 0 Å². The second-order valence-electron chi connectivity index (χ2n) is 3.73. The molecule has 98 valence electrons. The van der Waals surface area contributed by atoms with Crippen molar-refractivity contribution in [3.63, 3.8) is 0 Å². The van der Waals surface area contributed by atoms with Crippen LogP contribution in [0.2, 0.25) is 0 Å². The highest BCUT2D eigenvalue weighted by atomic mass is 16.9. The molecular weight excluding hydrogens is 232 g/mol. The van der Waals surface area contributed by atoms with Crippen molar-refractivity contribution in [2.75, 3.05) is 13.4 Å². The summed E-state index contributed by atoms with van der Waals surface area (Å²) in [6.45, 7) is 5.02. The minimum atomic E-state index is -1.00. The SMILES string of the molecule is CC(OC(=O)OC1COCO1)OC(=O)C(C)C. The Bertz CT molecular complexity index is 270. The predicted octanol–water partition coefficient (Wildman–Crippen LogP) is 1.02. The topological polar surface area (TPSA) is 80.3 Å². The maximum Gasteiger partial charge on any atom is 0.513 e. The van der Waals surface area contributed by atoms with E-state index in [1.165, 1.54) is 6.92 Å². The van der Waals surface area contributed by atoms with Gasteiger partial charge < -0.3 is 23.7 Å². The lowest BCUT2D eigenvalue weighted by Crippen LogP contribution is -2.27. The molecule has 1 heterocycles. The van der Waals surface area contributed by atoms with Crippen molar-refractivity contribution in [2.24, 2.45) is 5.92 Å². The molecule has 17 heavy (non-hydrogen) atoms. The summed E-state index contributed by atoms with van der Waals surface area (Å²) >= 11 is 0. The Morgan fingerprint density at radius 1 is 1.24 bits per heavy atom. The minimum Gasteiger partial charge on any atom is -0.425 e. The molecule has 7 heteroatoms. The van der Waals surface area contributed by atoms with E-state index < -0.39 is 24.7 Å². The zero-order chi connectivity index (χ0) is 12.8. The van der Waals surface area contributed by atoms with Crippen LogP contribution in [-0.2, 0) is 28.5 Å². The van der Waals surface area contributed by atoms with Gasteiger partial charge in [-0.25, -0.2) is 4.79 Å². The Kier molecular flexibility index (Phi) is 5.17. The lowest BCUT2D eigenvalue weighted by Gasteiger charge is -2.16. The van der Waals surface area contributed by atoms with Crippen molar-refractivity contribution < 1.29 is 33.3 Å². The van der Waals surface area contributed by atoms with Gasteiger partial charge in [0, 0.05) is 6.92 Å². The Morgan fingerprint density at radius 2 is 1.94 bits per heavy atom. The van der Waals surface area contributed by atoms with Crippen molar-refractivity contribution in [1.29, 1.82) is 0 Å². The van der Waals surface area contributed by atoms with E-state index in [2.05, 4.69) is 0 Å². The lowest BCUT2D eigenvalue weighted by molar-refractivity contribution is -0.176. The first-order valence-electron chi connectivity index (χ1n) is 5.26. The van der Waals surface area contributed by atoms with Crippen molar-refractivity contribution >= 4 is 12.1 Å². The molecule has 0 N–H and O–H groups in total. The molecule has 1 saturated heterocycles. The molecule has 2 atom stereocenters. The molecule has 2 unspecified atom stereocenters. The molecule has 0 spiro atoms. The van der Waals surface area contributed by atoms with Gasteiger partial charge in [0.15, 0.2) is 6.79 Å². The molecule has 0 aromatic heterocycles. The van der Waals surface area contributed by atoms with E-state index in [9.17, 15) is 9.59 Å². The van der Waals surface area contributed by atoms with Gasteiger partial charge in [0.05, 0.1) is 5.92 Å². The third kappa shape index (κ3) is 5.01. The van der Waals surface area contributed by atoms with Gasteiger partial charge >= 0.3 is 12.1 Å². The van der Waals surface area contributed by atoms with Gasteiger partial charge in [0.2, 0.25) is 12.6 Å². The molecule has 0 aromatic carbocycles. The standard InChI is InChI=1S/C10H16O7/c1-6(2)9(11)15-7(3)16-10(12)17-8-4-13-5-14-8/h6-8H,4-5H2,1-3H3. The molecule has 7 nitrogen and oxygen atoms in total. The smallest absolute Gasteiger partial charge is 0.425 e. The Hall–Kier alpha value is -1.34. The van der Waals surface area contributed by atoms with Crippen LogP contribution < -0.4 is 0 Å². The summed E-state index contributed by atoms with van der Waals surface area (Å²) in [4.78, 5) is 22.4. The normalized spacial score (nSPS) is 21.1. The van der Waals surface area contributed by atoms with Gasteiger partial charge in [-0.05, 0) is 0 Å². The monoisotopic (exact) mass is 248 g/mol. The van der Waals surface area contributed by atoms with Gasteiger partial charge in [-0.1, -0.05) is 13.8 Å². The molecule has 0 aromatic rings. The first-order chi connectivity index (χ1) is 7.99. The fourth-order valence-corrected chi connectivity index (χ4v) is 0.979. The van der Waals surface area contributed by atoms with Crippen LogP contribution in [-0.4, -0.2) is 38.1 Å². The van der Waals surface area contributed by atoms with Crippen LogP contribution in [0.3, 0.4) is 0 Å². The van der Waals surface area contributed by atoms with Crippen LogP contribution in [0.4, 0.5) is 4.79 Å². The van der Waals surface area contributed by atoms with E-state index in [4.69, 9.17) is 23.7 Å². The molecule has 1 rings (SSSR count). The van der Waals surface area contributed by atoms with Crippen LogP contribution >= 0.6 is 0 Å². The summed E-state index contributed by atoms with van der Waals surface area (Å²) in [5, 5.41) is 0. The zero-order valence-electron chi connectivity index (χ0n) is 10.0. The van der Waals surface area contributed by atoms with Crippen molar-refractivity contribution in [1.82, 2.24) is 0 Å². The Labute approximate surface area is 98.9 Å². The van der Waals surface area contributed by atoms with Gasteiger partial charge in [-0.2, -0.15) is 0 Å². The maximum absolute atomic E-state index is 11.2. The third-order valence-corrected chi connectivity index (χ3v) is 1.83. The first kappa shape index (κ1) is 13.7. The summed E-state index contributed by atoms with van der Waals surface area (Å²) in [7, 11) is 0. The molecule has 1 fully saturated rings. The summed E-state index contributed by atoms with van der Waals surface area (Å²) in [6.07, 6.45) is -2.74. The van der Waals surface area contributed by atoms with Gasteiger partial charge in [-0.15, -0.1) is 0 Å². The van der Waals surface area contributed by atoms with E-state index in [-0.39, 0.29) is 19.3 Å². The number of esters is 1. The second-order valence-corrected chi connectivity index (χ2v) is 3.73. The van der Waals surface area contributed by atoms with Gasteiger partial charge in [-0.3, -0.25) is 4.79 Å². The molecule has 0 amide bonds. The molecule has 0 radical (unpaired) electrons. The molecule has 1 aliphatic heterocycles. The maximum atomic E-state index is 11.2. The van der Waals surface area contributed by atoms with Gasteiger partial charge in [0.25, 0.3) is 0 Å². The minimum absolute atomic E-state index is 0.0792. The second kappa shape index (κ2) is 6.41. The quantitative estimate of drug-likeness (QED) is 0.542. The average molecular weight is 248 g/mol. The fraction of sp³-hybridized carbons (Fsp3) is 0.800. The van der Waals surface area contributed by atoms with Crippen molar-refractivity contribution in [2.45, 2.75) is 33.4 Å². The molecular formula is C10H16O7. The van der Waals surface area contributed by atoms with Crippen LogP contribution in [0.1, 0.15) is 20.8 Å². The van der Waals surface area contributed by atoms with Crippen LogP contribution in [0.25, 0.3) is 0 Å². The van der Waals surface area contributed by atoms with E-state index in [1.807, 2.05) is 0 Å². The number of carbonyl (C=O) groups is 2. The molecule has 1 aliphatic rings. The molecule has 0 aliphatic carbocycles. The summed E-state index contributed by atoms with van der Waals surface area (Å²) < 4.78 is 23.9. The third-order valence-electron chi connectivity index (χ3n) is 1.83. The Morgan fingerprint density at radius 3 is 2.47 bits per heavy atom. The highest BCUT2D eigenvalue weighted by Gasteiger charge is 2.23. The molecule has 0 bridgehead atoms. The highest BCUT2D eigenvalue weighted by molar-refractivity contribution is 5.71. The summed E-state index contributed by atoms with van der Waals surface area (Å²) in [5.41, 5.74) is 0. The van der Waals surface area contributed by atoms with Crippen LogP contribution in [0, 0.1) is 5.92 Å².